The average molecular weight is 610 g/mol. The summed E-state index contributed by atoms with van der Waals surface area (Å²) in [5, 5.41) is 10.6. The SMILES string of the molecule is C=CCCCCOC(=O)[C@@H]1[C@@H]2CCC3(O2)C(C(=O)N(CC=C)c2ccc(N(CC)CC)cc2)N([C@@H](CO)CC(C)C)C(=O)[C@H]13. The molecular weight excluding hydrogens is 558 g/mol. The van der Waals surface area contributed by atoms with Gasteiger partial charge in [0.2, 0.25) is 5.91 Å². The summed E-state index contributed by atoms with van der Waals surface area (Å²) in [7, 11) is 0. The van der Waals surface area contributed by atoms with Crippen LogP contribution in [0.1, 0.15) is 66.2 Å². The van der Waals surface area contributed by atoms with Crippen molar-refractivity contribution in [2.45, 2.75) is 90.0 Å². The lowest BCUT2D eigenvalue weighted by molar-refractivity contribution is -0.156. The summed E-state index contributed by atoms with van der Waals surface area (Å²) in [6.45, 7) is 17.8. The van der Waals surface area contributed by atoms with Crippen LogP contribution in [0.5, 0.6) is 0 Å². The Labute approximate surface area is 262 Å². The highest BCUT2D eigenvalue weighted by atomic mass is 16.6. The van der Waals surface area contributed by atoms with Crippen LogP contribution in [0.15, 0.2) is 49.6 Å². The number of anilines is 2. The van der Waals surface area contributed by atoms with Crippen molar-refractivity contribution in [2.24, 2.45) is 17.8 Å². The highest BCUT2D eigenvalue weighted by Crippen LogP contribution is 2.59. The minimum absolute atomic E-state index is 0.166. The molecule has 9 nitrogen and oxygen atoms in total. The third kappa shape index (κ3) is 6.31. The topological polar surface area (TPSA) is 99.6 Å². The maximum atomic E-state index is 14.8. The van der Waals surface area contributed by atoms with Gasteiger partial charge >= 0.3 is 5.97 Å². The van der Waals surface area contributed by atoms with Crippen LogP contribution in [0.25, 0.3) is 0 Å². The van der Waals surface area contributed by atoms with Gasteiger partial charge in [-0.2, -0.15) is 0 Å². The minimum Gasteiger partial charge on any atom is -0.465 e. The van der Waals surface area contributed by atoms with E-state index in [0.29, 0.717) is 31.4 Å². The molecule has 242 valence electrons. The number of nitrogens with zero attached hydrogens (tertiary/aromatic N) is 3. The van der Waals surface area contributed by atoms with Gasteiger partial charge in [-0.05, 0) is 82.6 Å². The Balaban J connectivity index is 1.71. The van der Waals surface area contributed by atoms with Crippen LogP contribution in [0, 0.1) is 17.8 Å². The molecule has 3 aliphatic rings. The van der Waals surface area contributed by atoms with E-state index in [2.05, 4.69) is 31.9 Å². The van der Waals surface area contributed by atoms with E-state index in [1.54, 1.807) is 15.9 Å². The number of ether oxygens (including phenoxy) is 2. The number of aliphatic hydroxyl groups is 1. The largest absolute Gasteiger partial charge is 0.465 e. The third-order valence-electron chi connectivity index (χ3n) is 9.51. The van der Waals surface area contributed by atoms with Crippen molar-refractivity contribution in [1.29, 1.82) is 0 Å². The van der Waals surface area contributed by atoms with Crippen molar-refractivity contribution in [2.75, 3.05) is 42.6 Å². The zero-order valence-electron chi connectivity index (χ0n) is 27.0. The predicted molar refractivity (Wildman–Crippen MR) is 172 cm³/mol. The lowest BCUT2D eigenvalue weighted by atomic mass is 9.70. The normalized spacial score (nSPS) is 26.0. The number of amides is 2. The molecule has 3 saturated heterocycles. The van der Waals surface area contributed by atoms with Crippen LogP contribution in [-0.2, 0) is 23.9 Å². The highest BCUT2D eigenvalue weighted by Gasteiger charge is 2.75. The number of esters is 1. The first-order valence-electron chi connectivity index (χ1n) is 16.3. The van der Waals surface area contributed by atoms with Gasteiger partial charge in [-0.1, -0.05) is 26.0 Å². The average Bonchev–Trinajstić information content (AvgIpc) is 3.66. The maximum Gasteiger partial charge on any atom is 0.312 e. The van der Waals surface area contributed by atoms with Crippen LogP contribution < -0.4 is 9.80 Å². The maximum absolute atomic E-state index is 14.8. The van der Waals surface area contributed by atoms with Crippen LogP contribution in [0.2, 0.25) is 0 Å². The number of hydrogen-bond donors (Lipinski definition) is 1. The number of unbranched alkanes of at least 4 members (excludes halogenated alkanes) is 2. The van der Waals surface area contributed by atoms with E-state index < -0.39 is 41.6 Å². The molecule has 0 aliphatic carbocycles. The molecule has 3 heterocycles. The molecule has 3 fully saturated rings. The zero-order chi connectivity index (χ0) is 32.0. The van der Waals surface area contributed by atoms with E-state index >= 15 is 0 Å². The number of carbonyl (C=O) groups excluding carboxylic acids is 3. The number of allylic oxidation sites excluding steroid dienone is 1. The second-order valence-corrected chi connectivity index (χ2v) is 12.6. The molecule has 9 heteroatoms. The molecule has 44 heavy (non-hydrogen) atoms. The third-order valence-corrected chi connectivity index (χ3v) is 9.51. The summed E-state index contributed by atoms with van der Waals surface area (Å²) in [6, 6.07) is 6.25. The zero-order valence-corrected chi connectivity index (χ0v) is 27.0. The van der Waals surface area contributed by atoms with Crippen LogP contribution >= 0.6 is 0 Å². The first kappa shape index (κ1) is 33.7. The van der Waals surface area contributed by atoms with Crippen molar-refractivity contribution >= 4 is 29.2 Å². The number of likely N-dealkylation sites (tertiary alicyclic amines) is 1. The number of aliphatic hydroxyl groups excluding tert-OH is 1. The Morgan fingerprint density at radius 1 is 1.14 bits per heavy atom. The van der Waals surface area contributed by atoms with Gasteiger partial charge in [-0.25, -0.2) is 0 Å². The first-order chi connectivity index (χ1) is 21.2. The molecule has 1 aromatic rings. The second-order valence-electron chi connectivity index (χ2n) is 12.6. The highest BCUT2D eigenvalue weighted by molar-refractivity contribution is 6.05. The first-order valence-corrected chi connectivity index (χ1v) is 16.3. The van der Waals surface area contributed by atoms with Crippen molar-refractivity contribution < 1.29 is 29.0 Å². The molecule has 1 N–H and O–H groups in total. The molecule has 1 aromatic carbocycles. The second kappa shape index (κ2) is 14.7. The van der Waals surface area contributed by atoms with E-state index in [4.69, 9.17) is 9.47 Å². The molecule has 6 atom stereocenters. The molecule has 1 spiro atoms. The quantitative estimate of drug-likeness (QED) is 0.155. The van der Waals surface area contributed by atoms with Gasteiger partial charge in [0.15, 0.2) is 0 Å². The Morgan fingerprint density at radius 2 is 1.82 bits per heavy atom. The van der Waals surface area contributed by atoms with Gasteiger partial charge in [0, 0.05) is 31.0 Å². The van der Waals surface area contributed by atoms with Gasteiger partial charge in [0.05, 0.1) is 37.2 Å². The predicted octanol–water partition coefficient (Wildman–Crippen LogP) is 4.73. The molecule has 0 saturated carbocycles. The van der Waals surface area contributed by atoms with E-state index in [-0.39, 0.29) is 37.5 Å². The fraction of sp³-hybridized carbons (Fsp3) is 0.629. The molecule has 2 bridgehead atoms. The summed E-state index contributed by atoms with van der Waals surface area (Å²) in [4.78, 5) is 48.1. The summed E-state index contributed by atoms with van der Waals surface area (Å²) < 4.78 is 12.3. The lowest BCUT2D eigenvalue weighted by Crippen LogP contribution is -2.59. The Morgan fingerprint density at radius 3 is 2.41 bits per heavy atom. The molecule has 0 aromatic heterocycles. The Bertz CT molecular complexity index is 1180. The van der Waals surface area contributed by atoms with E-state index in [0.717, 1.165) is 31.6 Å². The van der Waals surface area contributed by atoms with Crippen LogP contribution in [-0.4, -0.2) is 84.4 Å². The molecular formula is C35H51N3O6. The van der Waals surface area contributed by atoms with Gasteiger partial charge in [-0.3, -0.25) is 14.4 Å². The summed E-state index contributed by atoms with van der Waals surface area (Å²) >= 11 is 0. The Hall–Kier alpha value is -3.17. The summed E-state index contributed by atoms with van der Waals surface area (Å²) in [6.07, 6.45) is 6.98. The standard InChI is InChI=1S/C35H51N3O6/c1-7-11-12-13-21-43-34(42)29-28-18-19-35(44-28)30(29)32(40)38(27(23-39)22-24(5)6)31(35)33(41)37(20-8-2)26-16-14-25(15-17-26)36(9-3)10-4/h7-8,14-17,24,27-31,39H,1-2,9-13,18-23H2,3-6H3/t27-,28+,29-,30+,31?,35?/m1/s1. The monoisotopic (exact) mass is 609 g/mol. The van der Waals surface area contributed by atoms with Crippen LogP contribution in [0.3, 0.4) is 0 Å². The number of fused-ring (bicyclic) bond motifs is 1. The summed E-state index contributed by atoms with van der Waals surface area (Å²) in [5.74, 6) is -2.50. The number of hydrogen-bond acceptors (Lipinski definition) is 7. The molecule has 2 amide bonds. The number of rotatable bonds is 17. The molecule has 4 rings (SSSR count). The minimum atomic E-state index is -1.17. The van der Waals surface area contributed by atoms with Gasteiger partial charge in [-0.15, -0.1) is 13.2 Å². The van der Waals surface area contributed by atoms with Gasteiger partial charge in [0.25, 0.3) is 5.91 Å². The van der Waals surface area contributed by atoms with E-state index in [1.807, 2.05) is 44.2 Å². The van der Waals surface area contributed by atoms with Crippen LogP contribution in [0.4, 0.5) is 11.4 Å². The molecule has 0 radical (unpaired) electrons. The van der Waals surface area contributed by atoms with Crippen molar-refractivity contribution in [3.8, 4) is 0 Å². The van der Waals surface area contributed by atoms with Crippen molar-refractivity contribution in [1.82, 2.24) is 4.90 Å². The van der Waals surface area contributed by atoms with Crippen molar-refractivity contribution in [3.63, 3.8) is 0 Å². The fourth-order valence-electron chi connectivity index (χ4n) is 7.54. The number of carbonyl (C=O) groups is 3. The van der Waals surface area contributed by atoms with E-state index in [1.165, 1.54) is 0 Å². The smallest absolute Gasteiger partial charge is 0.312 e. The molecule has 2 unspecified atom stereocenters. The molecule has 3 aliphatic heterocycles. The summed E-state index contributed by atoms with van der Waals surface area (Å²) in [5.41, 5.74) is 0.573. The number of benzene rings is 1. The fourth-order valence-corrected chi connectivity index (χ4v) is 7.54. The van der Waals surface area contributed by atoms with Gasteiger partial charge in [0.1, 0.15) is 11.6 Å². The Kier molecular flexibility index (Phi) is 11.3. The van der Waals surface area contributed by atoms with Gasteiger partial charge < -0.3 is 29.3 Å². The lowest BCUT2D eigenvalue weighted by Gasteiger charge is -2.39. The van der Waals surface area contributed by atoms with Crippen molar-refractivity contribution in [3.05, 3.63) is 49.6 Å². The van der Waals surface area contributed by atoms with E-state index in [9.17, 15) is 19.5 Å².